The molecule has 0 aromatic rings. The molecule has 21 heavy (non-hydrogen) atoms. The van der Waals surface area contributed by atoms with Gasteiger partial charge in [0, 0.05) is 39.9 Å². The van der Waals surface area contributed by atoms with Crippen LogP contribution in [0.3, 0.4) is 0 Å². The number of guanidine groups is 1. The first-order valence-electron chi connectivity index (χ1n) is 8.73. The molecule has 1 saturated heterocycles. The van der Waals surface area contributed by atoms with Crippen LogP contribution in [-0.2, 0) is 4.74 Å². The first-order valence-corrected chi connectivity index (χ1v) is 8.73. The molecule has 4 heteroatoms. The van der Waals surface area contributed by atoms with Crippen LogP contribution in [-0.4, -0.2) is 50.8 Å². The summed E-state index contributed by atoms with van der Waals surface area (Å²) in [7, 11) is 1.80. The SMILES string of the molecule is CCNC(=NCC1(CCOC)CC1)N1CCC2(CCC2)C1. The van der Waals surface area contributed by atoms with E-state index in [1.807, 2.05) is 0 Å². The van der Waals surface area contributed by atoms with Gasteiger partial charge in [-0.25, -0.2) is 0 Å². The summed E-state index contributed by atoms with van der Waals surface area (Å²) in [5.41, 5.74) is 1.09. The number of likely N-dealkylation sites (tertiary alicyclic amines) is 1. The van der Waals surface area contributed by atoms with Crippen molar-refractivity contribution in [2.75, 3.05) is 39.9 Å². The summed E-state index contributed by atoms with van der Waals surface area (Å²) in [5.74, 6) is 1.16. The average molecular weight is 293 g/mol. The van der Waals surface area contributed by atoms with Crippen LogP contribution in [0.4, 0.5) is 0 Å². The van der Waals surface area contributed by atoms with E-state index in [-0.39, 0.29) is 0 Å². The van der Waals surface area contributed by atoms with E-state index in [1.165, 1.54) is 51.6 Å². The molecule has 3 aliphatic rings. The molecule has 2 aliphatic carbocycles. The van der Waals surface area contributed by atoms with Crippen molar-refractivity contribution in [3.63, 3.8) is 0 Å². The number of ether oxygens (including phenoxy) is 1. The minimum Gasteiger partial charge on any atom is -0.385 e. The van der Waals surface area contributed by atoms with E-state index in [0.29, 0.717) is 10.8 Å². The Bertz CT molecular complexity index is 385. The number of hydrogen-bond donors (Lipinski definition) is 1. The molecule has 0 aromatic heterocycles. The van der Waals surface area contributed by atoms with Gasteiger partial charge in [-0.3, -0.25) is 4.99 Å². The molecule has 0 amide bonds. The Morgan fingerprint density at radius 2 is 2.05 bits per heavy atom. The highest BCUT2D eigenvalue weighted by Gasteiger charge is 2.44. The summed E-state index contributed by atoms with van der Waals surface area (Å²) in [5, 5.41) is 3.51. The van der Waals surface area contributed by atoms with Crippen LogP contribution in [0.5, 0.6) is 0 Å². The maximum Gasteiger partial charge on any atom is 0.193 e. The molecule has 1 spiro atoms. The molecule has 3 rings (SSSR count). The van der Waals surface area contributed by atoms with Crippen LogP contribution in [0.25, 0.3) is 0 Å². The second-order valence-electron chi connectivity index (χ2n) is 7.44. The number of nitrogens with zero attached hydrogens (tertiary/aromatic N) is 2. The number of aliphatic imine (C=N–C) groups is 1. The van der Waals surface area contributed by atoms with Crippen molar-refractivity contribution in [1.29, 1.82) is 0 Å². The fourth-order valence-corrected chi connectivity index (χ4v) is 3.85. The van der Waals surface area contributed by atoms with Crippen molar-refractivity contribution in [1.82, 2.24) is 10.2 Å². The van der Waals surface area contributed by atoms with Gasteiger partial charge in [0.05, 0.1) is 0 Å². The Balaban J connectivity index is 1.57. The van der Waals surface area contributed by atoms with Gasteiger partial charge in [-0.15, -0.1) is 0 Å². The van der Waals surface area contributed by atoms with Crippen molar-refractivity contribution >= 4 is 5.96 Å². The van der Waals surface area contributed by atoms with Gasteiger partial charge in [-0.2, -0.15) is 0 Å². The van der Waals surface area contributed by atoms with Gasteiger partial charge in [-0.1, -0.05) is 6.42 Å². The third-order valence-corrected chi connectivity index (χ3v) is 5.84. The first kappa shape index (κ1) is 15.1. The summed E-state index contributed by atoms with van der Waals surface area (Å²) in [6.45, 7) is 7.40. The third kappa shape index (κ3) is 3.36. The van der Waals surface area contributed by atoms with Crippen LogP contribution in [0, 0.1) is 10.8 Å². The number of nitrogens with one attached hydrogen (secondary N) is 1. The van der Waals surface area contributed by atoms with E-state index in [9.17, 15) is 0 Å². The minimum absolute atomic E-state index is 0.449. The molecule has 0 bridgehead atoms. The maximum absolute atomic E-state index is 5.25. The van der Waals surface area contributed by atoms with E-state index >= 15 is 0 Å². The van der Waals surface area contributed by atoms with Crippen LogP contribution < -0.4 is 5.32 Å². The highest BCUT2D eigenvalue weighted by molar-refractivity contribution is 5.80. The molecule has 1 N–H and O–H groups in total. The van der Waals surface area contributed by atoms with Crippen molar-refractivity contribution in [2.24, 2.45) is 15.8 Å². The van der Waals surface area contributed by atoms with Crippen LogP contribution in [0.2, 0.25) is 0 Å². The molecule has 1 heterocycles. The lowest BCUT2D eigenvalue weighted by Gasteiger charge is -2.38. The standard InChI is InChI=1S/C17H31N3O/c1-3-18-15(19-13-16(7-8-16)10-12-21-2)20-11-9-17(14-20)5-4-6-17/h3-14H2,1-2H3,(H,18,19). The molecule has 1 aliphatic heterocycles. The Morgan fingerprint density at radius 1 is 1.24 bits per heavy atom. The second-order valence-corrected chi connectivity index (χ2v) is 7.44. The summed E-state index contributed by atoms with van der Waals surface area (Å²) in [4.78, 5) is 7.49. The molecule has 3 fully saturated rings. The normalized spacial score (nSPS) is 26.0. The van der Waals surface area contributed by atoms with E-state index < -0.39 is 0 Å². The summed E-state index contributed by atoms with van der Waals surface area (Å²) in [6, 6.07) is 0. The van der Waals surface area contributed by atoms with Gasteiger partial charge in [0.25, 0.3) is 0 Å². The van der Waals surface area contributed by atoms with Crippen molar-refractivity contribution < 1.29 is 4.74 Å². The fourth-order valence-electron chi connectivity index (χ4n) is 3.85. The number of methoxy groups -OCH3 is 1. The highest BCUT2D eigenvalue weighted by Crippen LogP contribution is 2.50. The molecule has 0 radical (unpaired) electrons. The lowest BCUT2D eigenvalue weighted by molar-refractivity contribution is 0.151. The van der Waals surface area contributed by atoms with Crippen LogP contribution in [0.15, 0.2) is 4.99 Å². The van der Waals surface area contributed by atoms with Gasteiger partial charge in [0.15, 0.2) is 5.96 Å². The van der Waals surface area contributed by atoms with Gasteiger partial charge < -0.3 is 15.0 Å². The molecular weight excluding hydrogens is 262 g/mol. The van der Waals surface area contributed by atoms with Gasteiger partial charge in [0.2, 0.25) is 0 Å². The molecule has 0 aromatic carbocycles. The molecular formula is C17H31N3O. The van der Waals surface area contributed by atoms with Crippen molar-refractivity contribution in [3.05, 3.63) is 0 Å². The predicted molar refractivity (Wildman–Crippen MR) is 86.6 cm³/mol. The Morgan fingerprint density at radius 3 is 2.57 bits per heavy atom. The predicted octanol–water partition coefficient (Wildman–Crippen LogP) is 2.64. The number of hydrogen-bond acceptors (Lipinski definition) is 2. The van der Waals surface area contributed by atoms with E-state index in [0.717, 1.165) is 32.1 Å². The second kappa shape index (κ2) is 6.15. The summed E-state index contributed by atoms with van der Waals surface area (Å²) < 4.78 is 5.25. The molecule has 2 saturated carbocycles. The highest BCUT2D eigenvalue weighted by atomic mass is 16.5. The average Bonchev–Trinajstić information content (AvgIpc) is 3.07. The smallest absolute Gasteiger partial charge is 0.193 e. The lowest BCUT2D eigenvalue weighted by atomic mass is 9.68. The zero-order valence-corrected chi connectivity index (χ0v) is 13.8. The lowest BCUT2D eigenvalue weighted by Crippen LogP contribution is -2.42. The van der Waals surface area contributed by atoms with Gasteiger partial charge in [-0.05, 0) is 56.3 Å². The van der Waals surface area contributed by atoms with E-state index in [2.05, 4.69) is 17.1 Å². The molecule has 120 valence electrons. The molecule has 0 atom stereocenters. The monoisotopic (exact) mass is 293 g/mol. The molecule has 0 unspecified atom stereocenters. The van der Waals surface area contributed by atoms with Gasteiger partial charge >= 0.3 is 0 Å². The quantitative estimate of drug-likeness (QED) is 0.604. The Kier molecular flexibility index (Phi) is 4.43. The summed E-state index contributed by atoms with van der Waals surface area (Å²) in [6.07, 6.45) is 9.47. The van der Waals surface area contributed by atoms with Crippen molar-refractivity contribution in [3.8, 4) is 0 Å². The number of rotatable bonds is 6. The Hall–Kier alpha value is -0.770. The van der Waals surface area contributed by atoms with Gasteiger partial charge in [0.1, 0.15) is 0 Å². The topological polar surface area (TPSA) is 36.9 Å². The van der Waals surface area contributed by atoms with Crippen LogP contribution >= 0.6 is 0 Å². The Labute approximate surface area is 129 Å². The maximum atomic E-state index is 5.25. The van der Waals surface area contributed by atoms with Crippen LogP contribution in [0.1, 0.15) is 51.9 Å². The summed E-state index contributed by atoms with van der Waals surface area (Å²) >= 11 is 0. The van der Waals surface area contributed by atoms with E-state index in [1.54, 1.807) is 7.11 Å². The first-order chi connectivity index (χ1) is 10.2. The third-order valence-electron chi connectivity index (χ3n) is 5.84. The van der Waals surface area contributed by atoms with Crippen molar-refractivity contribution in [2.45, 2.75) is 51.9 Å². The minimum atomic E-state index is 0.449. The zero-order chi connectivity index (χ0) is 14.8. The largest absolute Gasteiger partial charge is 0.385 e. The zero-order valence-electron chi connectivity index (χ0n) is 13.8. The fraction of sp³-hybridized carbons (Fsp3) is 0.941. The van der Waals surface area contributed by atoms with E-state index in [4.69, 9.17) is 9.73 Å². The molecule has 4 nitrogen and oxygen atoms in total.